The first-order valence-corrected chi connectivity index (χ1v) is 6.55. The van der Waals surface area contributed by atoms with Crippen molar-refractivity contribution in [3.63, 3.8) is 0 Å². The summed E-state index contributed by atoms with van der Waals surface area (Å²) < 4.78 is 0. The smallest absolute Gasteiger partial charge is 0.168 e. The van der Waals surface area contributed by atoms with Crippen LogP contribution in [-0.2, 0) is 0 Å². The number of hydrogen-bond donors (Lipinski definition) is 1. The molecule has 1 rings (SSSR count). The Hall–Kier alpha value is -0.520. The first-order chi connectivity index (χ1) is 7.77. The zero-order chi connectivity index (χ0) is 11.8. The van der Waals surface area contributed by atoms with Crippen molar-refractivity contribution in [2.45, 2.75) is 46.0 Å². The molecule has 0 amide bonds. The third kappa shape index (κ3) is 4.55. The van der Waals surface area contributed by atoms with Gasteiger partial charge in [-0.05, 0) is 25.9 Å². The van der Waals surface area contributed by atoms with Crippen molar-refractivity contribution in [1.29, 1.82) is 0 Å². The Morgan fingerprint density at radius 1 is 1.19 bits per heavy atom. The summed E-state index contributed by atoms with van der Waals surface area (Å²) in [4.78, 5) is 2.25. The fourth-order valence-corrected chi connectivity index (χ4v) is 2.17. The van der Waals surface area contributed by atoms with Crippen LogP contribution in [0.4, 0.5) is 0 Å². The van der Waals surface area contributed by atoms with E-state index in [0.29, 0.717) is 12.0 Å². The van der Waals surface area contributed by atoms with Gasteiger partial charge in [-0.15, -0.1) is 0 Å². The fraction of sp³-hybridized carbons (Fsp3) is 0.786. The highest BCUT2D eigenvalue weighted by Gasteiger charge is 2.20. The maximum atomic E-state index is 9.86. The van der Waals surface area contributed by atoms with Crippen LogP contribution in [0, 0.1) is 23.9 Å². The summed E-state index contributed by atoms with van der Waals surface area (Å²) >= 11 is 0. The van der Waals surface area contributed by atoms with Gasteiger partial charge in [0.25, 0.3) is 0 Å². The Kier molecular flexibility index (Phi) is 6.52. The van der Waals surface area contributed by atoms with E-state index in [1.54, 1.807) is 0 Å². The number of nitrogens with zero attached hydrogens (tertiary/aromatic N) is 1. The summed E-state index contributed by atoms with van der Waals surface area (Å²) in [6.07, 6.45) is 6.46. The van der Waals surface area contributed by atoms with Crippen LogP contribution in [-0.4, -0.2) is 29.6 Å². The van der Waals surface area contributed by atoms with Gasteiger partial charge in [-0.2, -0.15) is 0 Å². The Morgan fingerprint density at radius 3 is 2.38 bits per heavy atom. The maximum Gasteiger partial charge on any atom is 0.168 e. The molecule has 16 heavy (non-hydrogen) atoms. The molecule has 91 valence electrons. The highest BCUT2D eigenvalue weighted by Crippen LogP contribution is 2.29. The van der Waals surface area contributed by atoms with E-state index in [1.807, 2.05) is 0 Å². The lowest BCUT2D eigenvalue weighted by Crippen LogP contribution is -2.23. The van der Waals surface area contributed by atoms with Crippen LogP contribution in [0.5, 0.6) is 0 Å². The van der Waals surface area contributed by atoms with Crippen molar-refractivity contribution in [3.8, 4) is 11.8 Å². The molecular formula is C14H24NO. The maximum absolute atomic E-state index is 9.86. The van der Waals surface area contributed by atoms with Crippen LogP contribution in [0.15, 0.2) is 0 Å². The molecule has 1 aliphatic carbocycles. The number of aliphatic hydroxyl groups is 1. The van der Waals surface area contributed by atoms with Gasteiger partial charge in [0.2, 0.25) is 0 Å². The summed E-state index contributed by atoms with van der Waals surface area (Å²) in [6.45, 7) is 7.08. The molecule has 0 spiro atoms. The molecule has 1 N–H and O–H groups in total. The van der Waals surface area contributed by atoms with Crippen LogP contribution in [0.1, 0.15) is 46.0 Å². The van der Waals surface area contributed by atoms with Gasteiger partial charge in [0.1, 0.15) is 0 Å². The van der Waals surface area contributed by atoms with E-state index < -0.39 is 0 Å². The highest BCUT2D eigenvalue weighted by atomic mass is 16.3. The van der Waals surface area contributed by atoms with E-state index in [1.165, 1.54) is 19.3 Å². The summed E-state index contributed by atoms with van der Waals surface area (Å²) in [5, 5.41) is 9.86. The van der Waals surface area contributed by atoms with E-state index in [9.17, 15) is 5.11 Å². The monoisotopic (exact) mass is 222 g/mol. The molecule has 2 nitrogen and oxygen atoms in total. The SMILES string of the molecule is CCN(CC)CC#C[C](O)C1CCCCC1. The largest absolute Gasteiger partial charge is 0.373 e. The second-order valence-corrected chi connectivity index (χ2v) is 4.48. The summed E-state index contributed by atoms with van der Waals surface area (Å²) in [7, 11) is 0. The fourth-order valence-electron chi connectivity index (χ4n) is 2.17. The third-order valence-corrected chi connectivity index (χ3v) is 3.41. The highest BCUT2D eigenvalue weighted by molar-refractivity contribution is 5.18. The molecule has 0 aromatic rings. The third-order valence-electron chi connectivity index (χ3n) is 3.41. The molecule has 0 aromatic carbocycles. The minimum absolute atomic E-state index is 0.345. The second kappa shape index (κ2) is 7.70. The molecular weight excluding hydrogens is 198 g/mol. The number of rotatable bonds is 4. The standard InChI is InChI=1S/C14H24NO/c1-3-15(4-2)12-8-11-14(16)13-9-6-5-7-10-13/h13,16H,3-7,9-10,12H2,1-2H3. The predicted molar refractivity (Wildman–Crippen MR) is 67.3 cm³/mol. The molecule has 0 saturated heterocycles. The van der Waals surface area contributed by atoms with Crippen molar-refractivity contribution >= 4 is 0 Å². The first-order valence-electron chi connectivity index (χ1n) is 6.55. The Morgan fingerprint density at radius 2 is 1.81 bits per heavy atom. The van der Waals surface area contributed by atoms with E-state index in [4.69, 9.17) is 0 Å². The van der Waals surface area contributed by atoms with Crippen molar-refractivity contribution in [2.75, 3.05) is 19.6 Å². The summed E-state index contributed by atoms with van der Waals surface area (Å²) in [5.41, 5.74) is 0. The average Bonchev–Trinajstić information content (AvgIpc) is 2.35. The molecule has 0 aromatic heterocycles. The zero-order valence-electron chi connectivity index (χ0n) is 10.6. The van der Waals surface area contributed by atoms with Gasteiger partial charge in [0.15, 0.2) is 6.10 Å². The van der Waals surface area contributed by atoms with Crippen molar-refractivity contribution in [3.05, 3.63) is 6.10 Å². The van der Waals surface area contributed by atoms with Crippen LogP contribution >= 0.6 is 0 Å². The van der Waals surface area contributed by atoms with Gasteiger partial charge in [0, 0.05) is 5.92 Å². The molecule has 1 aliphatic rings. The minimum Gasteiger partial charge on any atom is -0.373 e. The van der Waals surface area contributed by atoms with E-state index in [2.05, 4.69) is 30.6 Å². The van der Waals surface area contributed by atoms with Crippen LogP contribution in [0.2, 0.25) is 0 Å². The number of hydrogen-bond acceptors (Lipinski definition) is 2. The van der Waals surface area contributed by atoms with Crippen LogP contribution in [0.3, 0.4) is 0 Å². The summed E-state index contributed by atoms with van der Waals surface area (Å²) in [5.74, 6) is 6.35. The normalized spacial score (nSPS) is 17.6. The lowest BCUT2D eigenvalue weighted by Gasteiger charge is -2.22. The topological polar surface area (TPSA) is 23.5 Å². The van der Waals surface area contributed by atoms with Gasteiger partial charge in [-0.3, -0.25) is 4.90 Å². The molecule has 0 unspecified atom stereocenters. The minimum atomic E-state index is 0.345. The van der Waals surface area contributed by atoms with Gasteiger partial charge in [-0.25, -0.2) is 0 Å². The molecule has 1 saturated carbocycles. The van der Waals surface area contributed by atoms with Gasteiger partial charge in [0.05, 0.1) is 6.54 Å². The predicted octanol–water partition coefficient (Wildman–Crippen LogP) is 2.82. The zero-order valence-corrected chi connectivity index (χ0v) is 10.6. The van der Waals surface area contributed by atoms with Gasteiger partial charge >= 0.3 is 0 Å². The number of aliphatic hydroxyl groups excluding tert-OH is 1. The van der Waals surface area contributed by atoms with Gasteiger partial charge in [-0.1, -0.05) is 45.0 Å². The quantitative estimate of drug-likeness (QED) is 0.739. The van der Waals surface area contributed by atoms with E-state index >= 15 is 0 Å². The lowest BCUT2D eigenvalue weighted by molar-refractivity contribution is 0.224. The van der Waals surface area contributed by atoms with Crippen molar-refractivity contribution < 1.29 is 5.11 Å². The molecule has 1 fully saturated rings. The Bertz CT molecular complexity index is 231. The molecule has 1 radical (unpaired) electrons. The molecule has 0 atom stereocenters. The van der Waals surface area contributed by atoms with E-state index in [-0.39, 0.29) is 0 Å². The second-order valence-electron chi connectivity index (χ2n) is 4.48. The lowest BCUT2D eigenvalue weighted by atomic mass is 9.85. The van der Waals surface area contributed by atoms with Crippen LogP contribution in [0.25, 0.3) is 0 Å². The van der Waals surface area contributed by atoms with Crippen molar-refractivity contribution in [1.82, 2.24) is 4.90 Å². The molecule has 2 heteroatoms. The van der Waals surface area contributed by atoms with E-state index in [0.717, 1.165) is 32.5 Å². The van der Waals surface area contributed by atoms with Crippen LogP contribution < -0.4 is 0 Å². The Balaban J connectivity index is 2.31. The average molecular weight is 222 g/mol. The molecule has 0 heterocycles. The molecule has 0 aliphatic heterocycles. The first kappa shape index (κ1) is 13.5. The van der Waals surface area contributed by atoms with Gasteiger partial charge < -0.3 is 5.11 Å². The van der Waals surface area contributed by atoms with Crippen molar-refractivity contribution in [2.24, 2.45) is 5.92 Å². The summed E-state index contributed by atoms with van der Waals surface area (Å²) in [6, 6.07) is 0. The molecule has 0 bridgehead atoms. The Labute approximate surface area is 100 Å².